The van der Waals surface area contributed by atoms with E-state index in [2.05, 4.69) is 0 Å². The minimum Gasteiger partial charge on any atom is -0.376 e. The van der Waals surface area contributed by atoms with Gasteiger partial charge in [0.15, 0.2) is 0 Å². The Morgan fingerprint density at radius 1 is 0.667 bits per heavy atom. The summed E-state index contributed by atoms with van der Waals surface area (Å²) in [5.74, 6) is 0. The molecule has 0 saturated carbocycles. The van der Waals surface area contributed by atoms with E-state index in [0.717, 1.165) is 13.2 Å². The molecule has 0 spiro atoms. The molecule has 2 heterocycles. The number of ether oxygens (including phenoxy) is 2. The van der Waals surface area contributed by atoms with Gasteiger partial charge in [0.25, 0.3) is 0 Å². The highest BCUT2D eigenvalue weighted by Gasteiger charge is 2.26. The van der Waals surface area contributed by atoms with Gasteiger partial charge in [0.1, 0.15) is 0 Å². The summed E-state index contributed by atoms with van der Waals surface area (Å²) in [6.07, 6.45) is 8.38. The Morgan fingerprint density at radius 3 is 1.50 bits per heavy atom. The summed E-state index contributed by atoms with van der Waals surface area (Å²) in [4.78, 5) is 0. The Bertz CT molecular complexity index is 108. The molecule has 0 aromatic rings. The zero-order valence-corrected chi connectivity index (χ0v) is 7.63. The number of hydrogen-bond donors (Lipinski definition) is 0. The summed E-state index contributed by atoms with van der Waals surface area (Å²) >= 11 is 0. The van der Waals surface area contributed by atoms with Crippen LogP contribution in [0.25, 0.3) is 0 Å². The Kier molecular flexibility index (Phi) is 3.01. The van der Waals surface area contributed by atoms with Crippen molar-refractivity contribution in [3.63, 3.8) is 0 Å². The van der Waals surface area contributed by atoms with Gasteiger partial charge in [-0.05, 0) is 38.5 Å². The molecule has 0 unspecified atom stereocenters. The van der Waals surface area contributed by atoms with Gasteiger partial charge in [0.2, 0.25) is 0 Å². The summed E-state index contributed by atoms with van der Waals surface area (Å²) in [6, 6.07) is 0. The van der Waals surface area contributed by atoms with Crippen molar-refractivity contribution in [2.75, 3.05) is 13.2 Å². The monoisotopic (exact) mass is 170 g/mol. The maximum Gasteiger partial charge on any atom is 0.0836 e. The summed E-state index contributed by atoms with van der Waals surface area (Å²) in [5, 5.41) is 0. The first-order valence-corrected chi connectivity index (χ1v) is 5.20. The molecule has 2 atom stereocenters. The van der Waals surface area contributed by atoms with Gasteiger partial charge in [-0.1, -0.05) is 0 Å². The molecule has 0 amide bonds. The van der Waals surface area contributed by atoms with E-state index in [1.807, 2.05) is 0 Å². The molecule has 12 heavy (non-hydrogen) atoms. The largest absolute Gasteiger partial charge is 0.376 e. The van der Waals surface area contributed by atoms with E-state index in [9.17, 15) is 0 Å². The van der Waals surface area contributed by atoms with Crippen molar-refractivity contribution >= 4 is 0 Å². The summed E-state index contributed by atoms with van der Waals surface area (Å²) in [5.41, 5.74) is 0. The average molecular weight is 170 g/mol. The van der Waals surface area contributed by atoms with Gasteiger partial charge in [-0.2, -0.15) is 0 Å². The molecule has 2 aliphatic heterocycles. The molecular weight excluding hydrogens is 152 g/mol. The molecule has 2 aliphatic rings. The first-order valence-electron chi connectivity index (χ1n) is 5.20. The van der Waals surface area contributed by atoms with Crippen LogP contribution < -0.4 is 0 Å². The van der Waals surface area contributed by atoms with E-state index in [1.54, 1.807) is 0 Å². The minimum absolute atomic E-state index is 0.416. The maximum absolute atomic E-state index is 5.69. The van der Waals surface area contributed by atoms with Gasteiger partial charge in [-0.15, -0.1) is 0 Å². The molecule has 2 saturated heterocycles. The maximum atomic E-state index is 5.69. The molecule has 0 N–H and O–H groups in total. The van der Waals surface area contributed by atoms with Gasteiger partial charge in [0, 0.05) is 13.2 Å². The second kappa shape index (κ2) is 4.24. The Hall–Kier alpha value is -0.0800. The first-order chi connectivity index (χ1) is 5.97. The second-order valence-electron chi connectivity index (χ2n) is 3.81. The molecule has 2 nitrogen and oxygen atoms in total. The Morgan fingerprint density at radius 2 is 1.17 bits per heavy atom. The lowest BCUT2D eigenvalue weighted by Gasteiger charge is -2.32. The van der Waals surface area contributed by atoms with E-state index in [4.69, 9.17) is 9.47 Å². The van der Waals surface area contributed by atoms with Crippen LogP contribution in [0.1, 0.15) is 38.5 Å². The summed E-state index contributed by atoms with van der Waals surface area (Å²) < 4.78 is 11.4. The fourth-order valence-electron chi connectivity index (χ4n) is 2.12. The highest BCUT2D eigenvalue weighted by atomic mass is 16.5. The third-order valence-electron chi connectivity index (χ3n) is 2.84. The SMILES string of the molecule is C1CC[C@@H]([C@@H]2CCCCO2)OC1. The van der Waals surface area contributed by atoms with Crippen molar-refractivity contribution in [2.24, 2.45) is 0 Å². The van der Waals surface area contributed by atoms with E-state index < -0.39 is 0 Å². The van der Waals surface area contributed by atoms with Crippen LogP contribution in [0.5, 0.6) is 0 Å². The Balaban J connectivity index is 1.80. The van der Waals surface area contributed by atoms with E-state index in [1.165, 1.54) is 38.5 Å². The van der Waals surface area contributed by atoms with Crippen LogP contribution in [0.15, 0.2) is 0 Å². The lowest BCUT2D eigenvalue weighted by molar-refractivity contribution is -0.107. The lowest BCUT2D eigenvalue weighted by Crippen LogP contribution is -2.36. The molecule has 2 fully saturated rings. The predicted octanol–water partition coefficient (Wildman–Crippen LogP) is 2.12. The van der Waals surface area contributed by atoms with Gasteiger partial charge in [-0.25, -0.2) is 0 Å². The zero-order chi connectivity index (χ0) is 8.23. The van der Waals surface area contributed by atoms with Crippen LogP contribution in [0.2, 0.25) is 0 Å². The minimum atomic E-state index is 0.416. The number of hydrogen-bond acceptors (Lipinski definition) is 2. The molecule has 2 rings (SSSR count). The standard InChI is InChI=1S/C10H18O2/c1-3-7-11-9(5-1)10-6-2-4-8-12-10/h9-10H,1-8H2/t9-,10-/m0/s1. The molecule has 0 aromatic heterocycles. The lowest BCUT2D eigenvalue weighted by atomic mass is 9.98. The van der Waals surface area contributed by atoms with Crippen LogP contribution in [-0.4, -0.2) is 25.4 Å². The normalized spacial score (nSPS) is 38.0. The average Bonchev–Trinajstić information content (AvgIpc) is 2.21. The van der Waals surface area contributed by atoms with Crippen LogP contribution in [0.4, 0.5) is 0 Å². The van der Waals surface area contributed by atoms with E-state index in [0.29, 0.717) is 12.2 Å². The van der Waals surface area contributed by atoms with Gasteiger partial charge in [-0.3, -0.25) is 0 Å². The molecular formula is C10H18O2. The third kappa shape index (κ3) is 1.99. The van der Waals surface area contributed by atoms with Crippen molar-refractivity contribution in [3.05, 3.63) is 0 Å². The van der Waals surface area contributed by atoms with Crippen LogP contribution in [-0.2, 0) is 9.47 Å². The molecule has 0 bridgehead atoms. The highest BCUT2D eigenvalue weighted by molar-refractivity contribution is 4.76. The van der Waals surface area contributed by atoms with Crippen molar-refractivity contribution < 1.29 is 9.47 Å². The van der Waals surface area contributed by atoms with Gasteiger partial charge >= 0.3 is 0 Å². The van der Waals surface area contributed by atoms with Gasteiger partial charge < -0.3 is 9.47 Å². The fourth-order valence-corrected chi connectivity index (χ4v) is 2.12. The van der Waals surface area contributed by atoms with Gasteiger partial charge in [0.05, 0.1) is 12.2 Å². The smallest absolute Gasteiger partial charge is 0.0836 e. The van der Waals surface area contributed by atoms with E-state index in [-0.39, 0.29) is 0 Å². The van der Waals surface area contributed by atoms with Crippen LogP contribution in [0.3, 0.4) is 0 Å². The highest BCUT2D eigenvalue weighted by Crippen LogP contribution is 2.24. The molecule has 70 valence electrons. The second-order valence-corrected chi connectivity index (χ2v) is 3.81. The van der Waals surface area contributed by atoms with Crippen molar-refractivity contribution in [1.82, 2.24) is 0 Å². The summed E-state index contributed by atoms with van der Waals surface area (Å²) in [7, 11) is 0. The molecule has 0 aliphatic carbocycles. The fraction of sp³-hybridized carbons (Fsp3) is 1.00. The third-order valence-corrected chi connectivity index (χ3v) is 2.84. The van der Waals surface area contributed by atoms with Crippen LogP contribution in [0, 0.1) is 0 Å². The van der Waals surface area contributed by atoms with Crippen molar-refractivity contribution in [1.29, 1.82) is 0 Å². The Labute approximate surface area is 74.2 Å². The van der Waals surface area contributed by atoms with Crippen molar-refractivity contribution in [2.45, 2.75) is 50.7 Å². The quantitative estimate of drug-likeness (QED) is 0.600. The first kappa shape index (κ1) is 8.52. The molecule has 2 heteroatoms. The topological polar surface area (TPSA) is 18.5 Å². The molecule has 0 aromatic carbocycles. The van der Waals surface area contributed by atoms with E-state index >= 15 is 0 Å². The number of rotatable bonds is 1. The summed E-state index contributed by atoms with van der Waals surface area (Å²) in [6.45, 7) is 1.90. The van der Waals surface area contributed by atoms with Crippen LogP contribution >= 0.6 is 0 Å². The molecule has 0 radical (unpaired) electrons. The predicted molar refractivity (Wildman–Crippen MR) is 47.2 cm³/mol. The zero-order valence-electron chi connectivity index (χ0n) is 7.63. The van der Waals surface area contributed by atoms with Crippen molar-refractivity contribution in [3.8, 4) is 0 Å².